The first-order valence-corrected chi connectivity index (χ1v) is 6.29. The smallest absolute Gasteiger partial charge is 0.325 e. The number of carbonyl (C=O) groups is 2. The maximum atomic E-state index is 11.5. The molecule has 0 spiro atoms. The zero-order valence-electron chi connectivity index (χ0n) is 10.5. The molecular weight excluding hydrogens is 220 g/mol. The van der Waals surface area contributed by atoms with Crippen LogP contribution in [0.1, 0.15) is 46.0 Å². The minimum Gasteiger partial charge on any atom is -0.480 e. The molecule has 0 aliphatic heterocycles. The predicted molar refractivity (Wildman–Crippen MR) is 64.8 cm³/mol. The molecule has 5 nitrogen and oxygen atoms in total. The molecule has 1 saturated carbocycles. The van der Waals surface area contributed by atoms with Gasteiger partial charge in [0.2, 0.25) is 0 Å². The predicted octanol–water partition coefficient (Wildman–Crippen LogP) is 1.73. The van der Waals surface area contributed by atoms with Crippen LogP contribution in [0.15, 0.2) is 0 Å². The number of carboxylic acids is 1. The number of carbonyl (C=O) groups excluding carboxylic acids is 1. The van der Waals surface area contributed by atoms with Crippen molar-refractivity contribution in [1.82, 2.24) is 10.6 Å². The molecule has 0 heterocycles. The van der Waals surface area contributed by atoms with Gasteiger partial charge in [-0.1, -0.05) is 19.8 Å². The second kappa shape index (κ2) is 6.47. The van der Waals surface area contributed by atoms with E-state index in [1.165, 1.54) is 13.3 Å². The first-order valence-electron chi connectivity index (χ1n) is 6.29. The lowest BCUT2D eigenvalue weighted by Crippen LogP contribution is -2.47. The number of hydrogen-bond donors (Lipinski definition) is 3. The number of carboxylic acid groups (broad SMARTS) is 1. The maximum absolute atomic E-state index is 11.5. The molecule has 3 unspecified atom stereocenters. The zero-order valence-corrected chi connectivity index (χ0v) is 10.5. The fraction of sp³-hybridized carbons (Fsp3) is 0.833. The van der Waals surface area contributed by atoms with Crippen molar-refractivity contribution in [2.24, 2.45) is 5.92 Å². The van der Waals surface area contributed by atoms with Gasteiger partial charge in [-0.25, -0.2) is 4.79 Å². The lowest BCUT2D eigenvalue weighted by atomic mass is 10.0. The van der Waals surface area contributed by atoms with Gasteiger partial charge in [-0.15, -0.1) is 0 Å². The number of hydrogen-bond acceptors (Lipinski definition) is 2. The summed E-state index contributed by atoms with van der Waals surface area (Å²) in [5, 5.41) is 13.9. The summed E-state index contributed by atoms with van der Waals surface area (Å²) in [5.41, 5.74) is 0. The second-order valence-corrected chi connectivity index (χ2v) is 4.99. The third kappa shape index (κ3) is 5.06. The van der Waals surface area contributed by atoms with Gasteiger partial charge in [0.1, 0.15) is 6.04 Å². The highest BCUT2D eigenvalue weighted by Gasteiger charge is 2.19. The lowest BCUT2D eigenvalue weighted by molar-refractivity contribution is -0.138. The molecule has 17 heavy (non-hydrogen) atoms. The molecule has 5 heteroatoms. The standard InChI is InChI=1S/C12H22N2O3/c1-8-4-3-5-10(7-6-8)14-12(17)13-9(2)11(15)16/h8-10H,3-7H2,1-2H3,(H,15,16)(H2,13,14,17). The number of aliphatic carboxylic acids is 1. The van der Waals surface area contributed by atoms with Crippen LogP contribution in [-0.4, -0.2) is 29.2 Å². The summed E-state index contributed by atoms with van der Waals surface area (Å²) in [4.78, 5) is 22.1. The molecule has 3 N–H and O–H groups in total. The van der Waals surface area contributed by atoms with Crippen LogP contribution >= 0.6 is 0 Å². The fourth-order valence-corrected chi connectivity index (χ4v) is 2.12. The Hall–Kier alpha value is -1.26. The molecule has 0 radical (unpaired) electrons. The molecule has 0 aromatic rings. The molecular formula is C12H22N2O3. The van der Waals surface area contributed by atoms with Crippen molar-refractivity contribution >= 4 is 12.0 Å². The van der Waals surface area contributed by atoms with Gasteiger partial charge in [0.25, 0.3) is 0 Å². The lowest BCUT2D eigenvalue weighted by Gasteiger charge is -2.18. The van der Waals surface area contributed by atoms with E-state index in [0.717, 1.165) is 31.6 Å². The van der Waals surface area contributed by atoms with Crippen molar-refractivity contribution in [2.45, 2.75) is 58.0 Å². The summed E-state index contributed by atoms with van der Waals surface area (Å²) < 4.78 is 0. The first kappa shape index (κ1) is 13.8. The Kier molecular flexibility index (Phi) is 5.25. The Morgan fingerprint density at radius 2 is 1.94 bits per heavy atom. The summed E-state index contributed by atoms with van der Waals surface area (Å²) in [6.45, 7) is 3.69. The van der Waals surface area contributed by atoms with E-state index < -0.39 is 12.0 Å². The monoisotopic (exact) mass is 242 g/mol. The SMILES string of the molecule is CC1CCCC(NC(=O)NC(C)C(=O)O)CC1. The third-order valence-electron chi connectivity index (χ3n) is 3.31. The van der Waals surface area contributed by atoms with Crippen molar-refractivity contribution in [3.63, 3.8) is 0 Å². The molecule has 0 aromatic carbocycles. The van der Waals surface area contributed by atoms with Crippen LogP contribution in [0.25, 0.3) is 0 Å². The van der Waals surface area contributed by atoms with Gasteiger partial charge in [0.05, 0.1) is 0 Å². The molecule has 3 atom stereocenters. The molecule has 0 saturated heterocycles. The summed E-state index contributed by atoms with van der Waals surface area (Å²) in [6, 6.07) is -1.04. The van der Waals surface area contributed by atoms with Crippen LogP contribution in [0, 0.1) is 5.92 Å². The number of nitrogens with one attached hydrogen (secondary N) is 2. The molecule has 2 amide bonds. The number of urea groups is 1. The molecule has 98 valence electrons. The Morgan fingerprint density at radius 1 is 1.24 bits per heavy atom. The Morgan fingerprint density at radius 3 is 2.59 bits per heavy atom. The number of rotatable bonds is 3. The minimum atomic E-state index is -1.02. The molecule has 1 aliphatic rings. The van der Waals surface area contributed by atoms with Gasteiger partial charge in [-0.2, -0.15) is 0 Å². The van der Waals surface area contributed by atoms with E-state index in [1.54, 1.807) is 0 Å². The van der Waals surface area contributed by atoms with Gasteiger partial charge >= 0.3 is 12.0 Å². The summed E-state index contributed by atoms with van der Waals surface area (Å²) in [5.74, 6) is -0.294. The highest BCUT2D eigenvalue weighted by Crippen LogP contribution is 2.22. The van der Waals surface area contributed by atoms with Crippen LogP contribution in [0.5, 0.6) is 0 Å². The van der Waals surface area contributed by atoms with Gasteiger partial charge in [-0.05, 0) is 32.1 Å². The molecule has 1 rings (SSSR count). The quantitative estimate of drug-likeness (QED) is 0.659. The summed E-state index contributed by atoms with van der Waals surface area (Å²) in [6.07, 6.45) is 5.43. The van der Waals surface area contributed by atoms with Crippen molar-refractivity contribution in [3.05, 3.63) is 0 Å². The van der Waals surface area contributed by atoms with E-state index >= 15 is 0 Å². The Bertz CT molecular complexity index is 281. The molecule has 0 aromatic heterocycles. The molecule has 1 fully saturated rings. The second-order valence-electron chi connectivity index (χ2n) is 4.99. The van der Waals surface area contributed by atoms with Crippen molar-refractivity contribution in [1.29, 1.82) is 0 Å². The van der Waals surface area contributed by atoms with Gasteiger partial charge in [0, 0.05) is 6.04 Å². The minimum absolute atomic E-state index is 0.181. The van der Waals surface area contributed by atoms with E-state index in [-0.39, 0.29) is 12.1 Å². The fourth-order valence-electron chi connectivity index (χ4n) is 2.12. The van der Waals surface area contributed by atoms with E-state index in [1.807, 2.05) is 0 Å². The van der Waals surface area contributed by atoms with Crippen LogP contribution in [0.3, 0.4) is 0 Å². The van der Waals surface area contributed by atoms with Crippen LogP contribution in [0.2, 0.25) is 0 Å². The van der Waals surface area contributed by atoms with Gasteiger partial charge in [-0.3, -0.25) is 4.79 Å². The van der Waals surface area contributed by atoms with E-state index in [4.69, 9.17) is 5.11 Å². The zero-order chi connectivity index (χ0) is 12.8. The molecule has 1 aliphatic carbocycles. The topological polar surface area (TPSA) is 78.4 Å². The Balaban J connectivity index is 2.32. The van der Waals surface area contributed by atoms with Crippen LogP contribution < -0.4 is 10.6 Å². The average molecular weight is 242 g/mol. The molecule has 0 bridgehead atoms. The first-order chi connectivity index (χ1) is 7.99. The largest absolute Gasteiger partial charge is 0.480 e. The summed E-state index contributed by atoms with van der Waals surface area (Å²) in [7, 11) is 0. The van der Waals surface area contributed by atoms with E-state index in [9.17, 15) is 9.59 Å². The van der Waals surface area contributed by atoms with Crippen molar-refractivity contribution in [2.75, 3.05) is 0 Å². The average Bonchev–Trinajstić information content (AvgIpc) is 2.43. The normalized spacial score (nSPS) is 26.7. The number of amides is 2. The van der Waals surface area contributed by atoms with Gasteiger partial charge in [0.15, 0.2) is 0 Å². The highest BCUT2D eigenvalue weighted by molar-refractivity contribution is 5.82. The summed E-state index contributed by atoms with van der Waals surface area (Å²) >= 11 is 0. The Labute approximate surface area is 102 Å². The van der Waals surface area contributed by atoms with E-state index in [2.05, 4.69) is 17.6 Å². The van der Waals surface area contributed by atoms with E-state index in [0.29, 0.717) is 0 Å². The van der Waals surface area contributed by atoms with Crippen molar-refractivity contribution in [3.8, 4) is 0 Å². The van der Waals surface area contributed by atoms with Crippen molar-refractivity contribution < 1.29 is 14.7 Å². The highest BCUT2D eigenvalue weighted by atomic mass is 16.4. The maximum Gasteiger partial charge on any atom is 0.325 e. The van der Waals surface area contributed by atoms with Gasteiger partial charge < -0.3 is 15.7 Å². The van der Waals surface area contributed by atoms with Crippen LogP contribution in [0.4, 0.5) is 4.79 Å². The third-order valence-corrected chi connectivity index (χ3v) is 3.31. The van der Waals surface area contributed by atoms with Crippen LogP contribution in [-0.2, 0) is 4.79 Å².